The largest absolute Gasteiger partial charge is 0.375 e. The van der Waals surface area contributed by atoms with E-state index in [0.717, 1.165) is 0 Å². The Bertz CT molecular complexity index is 923. The van der Waals surface area contributed by atoms with Gasteiger partial charge in [-0.25, -0.2) is 0 Å². The third-order valence-electron chi connectivity index (χ3n) is 4.75. The van der Waals surface area contributed by atoms with E-state index in [4.69, 9.17) is 0 Å². The highest BCUT2D eigenvalue weighted by Crippen LogP contribution is 2.51. The second kappa shape index (κ2) is 4.72. The Morgan fingerprint density at radius 3 is 2.71 bits per heavy atom. The summed E-state index contributed by atoms with van der Waals surface area (Å²) in [5, 5.41) is 24.8. The van der Waals surface area contributed by atoms with Crippen molar-refractivity contribution in [1.29, 1.82) is 0 Å². The zero-order valence-corrected chi connectivity index (χ0v) is 12.4. The Morgan fingerprint density at radius 2 is 1.96 bits per heavy atom. The molecule has 0 aromatic heterocycles. The lowest BCUT2D eigenvalue weighted by molar-refractivity contribution is -0.385. The lowest BCUT2D eigenvalue weighted by Gasteiger charge is -2.28. The molecule has 2 aromatic carbocycles. The maximum absolute atomic E-state index is 12.5. The van der Waals surface area contributed by atoms with Crippen molar-refractivity contribution in [2.24, 2.45) is 0 Å². The maximum Gasteiger partial charge on any atom is 0.269 e. The van der Waals surface area contributed by atoms with Crippen molar-refractivity contribution >= 4 is 23.1 Å². The standard InChI is InChI=1S/C17H12N2O5/c20-15-8-12(10-3-1-2-4-11(10)15)17(22)13-7-9(19(23)24)5-6-14(13)18-16(17)21/h1-7,12,22H,8H2,(H,18,21)/t12-,17+/m0/s1. The normalized spacial score (nSPS) is 24.5. The molecule has 0 spiro atoms. The first-order chi connectivity index (χ1) is 11.4. The number of Topliss-reactive ketones (excluding diaryl/α,β-unsaturated/α-hetero) is 1. The van der Waals surface area contributed by atoms with Gasteiger partial charge in [-0.05, 0) is 11.6 Å². The van der Waals surface area contributed by atoms with Crippen LogP contribution in [0.15, 0.2) is 42.5 Å². The van der Waals surface area contributed by atoms with Crippen molar-refractivity contribution in [2.75, 3.05) is 5.32 Å². The van der Waals surface area contributed by atoms with Gasteiger partial charge in [0, 0.05) is 41.3 Å². The second-order valence-corrected chi connectivity index (χ2v) is 5.97. The van der Waals surface area contributed by atoms with Crippen LogP contribution in [0.3, 0.4) is 0 Å². The molecule has 7 heteroatoms. The molecule has 0 radical (unpaired) electrons. The van der Waals surface area contributed by atoms with Crippen molar-refractivity contribution in [1.82, 2.24) is 0 Å². The molecular formula is C17H12N2O5. The highest BCUT2D eigenvalue weighted by Gasteiger charge is 2.55. The van der Waals surface area contributed by atoms with E-state index in [2.05, 4.69) is 5.32 Å². The first-order valence-corrected chi connectivity index (χ1v) is 7.38. The number of aliphatic hydroxyl groups is 1. The predicted molar refractivity (Wildman–Crippen MR) is 83.8 cm³/mol. The zero-order chi connectivity index (χ0) is 17.1. The number of rotatable bonds is 2. The Kier molecular flexibility index (Phi) is 2.86. The number of nitro benzene ring substituents is 1. The van der Waals surface area contributed by atoms with Crippen LogP contribution < -0.4 is 5.32 Å². The smallest absolute Gasteiger partial charge is 0.269 e. The van der Waals surface area contributed by atoms with Crippen LogP contribution in [0.25, 0.3) is 0 Å². The van der Waals surface area contributed by atoms with Crippen molar-refractivity contribution in [3.8, 4) is 0 Å². The molecule has 1 aliphatic carbocycles. The SMILES string of the molecule is O=C1C[C@H]([C@]2(O)C(=O)Nc3ccc([N+](=O)[O-])cc32)c2ccccc21. The summed E-state index contributed by atoms with van der Waals surface area (Å²) in [5.74, 6) is -1.60. The number of non-ortho nitro benzene ring substituents is 1. The first-order valence-electron chi connectivity index (χ1n) is 7.38. The van der Waals surface area contributed by atoms with Crippen LogP contribution in [0, 0.1) is 10.1 Å². The number of hydrogen-bond donors (Lipinski definition) is 2. The Hall–Kier alpha value is -3.06. The fourth-order valence-electron chi connectivity index (χ4n) is 3.59. The van der Waals surface area contributed by atoms with Gasteiger partial charge in [0.05, 0.1) is 4.92 Å². The van der Waals surface area contributed by atoms with E-state index in [0.29, 0.717) is 16.8 Å². The fraction of sp³-hybridized carbons (Fsp3) is 0.176. The maximum atomic E-state index is 12.5. The van der Waals surface area contributed by atoms with Crippen molar-refractivity contribution < 1.29 is 19.6 Å². The van der Waals surface area contributed by atoms with E-state index in [1.54, 1.807) is 24.3 Å². The van der Waals surface area contributed by atoms with E-state index < -0.39 is 22.3 Å². The average molecular weight is 324 g/mol. The number of carbonyl (C=O) groups is 2. The molecule has 2 atom stereocenters. The average Bonchev–Trinajstić information content (AvgIpc) is 3.04. The predicted octanol–water partition coefficient (Wildman–Crippen LogP) is 2.10. The third kappa shape index (κ3) is 1.75. The van der Waals surface area contributed by atoms with Gasteiger partial charge in [-0.3, -0.25) is 19.7 Å². The highest BCUT2D eigenvalue weighted by atomic mass is 16.6. The van der Waals surface area contributed by atoms with Gasteiger partial charge in [0.25, 0.3) is 11.6 Å². The number of nitrogens with one attached hydrogen (secondary N) is 1. The number of carbonyl (C=O) groups excluding carboxylic acids is 2. The van der Waals surface area contributed by atoms with Gasteiger partial charge in [0.1, 0.15) is 0 Å². The number of benzene rings is 2. The van der Waals surface area contributed by atoms with Gasteiger partial charge < -0.3 is 10.4 Å². The molecular weight excluding hydrogens is 312 g/mol. The first kappa shape index (κ1) is 14.5. The second-order valence-electron chi connectivity index (χ2n) is 5.97. The van der Waals surface area contributed by atoms with Gasteiger partial charge in [-0.2, -0.15) is 0 Å². The molecule has 0 fully saturated rings. The number of nitro groups is 1. The van der Waals surface area contributed by atoms with Crippen molar-refractivity contribution in [2.45, 2.75) is 17.9 Å². The summed E-state index contributed by atoms with van der Waals surface area (Å²) in [7, 11) is 0. The highest BCUT2D eigenvalue weighted by molar-refractivity contribution is 6.09. The molecule has 2 aromatic rings. The molecule has 0 bridgehead atoms. The van der Waals surface area contributed by atoms with Crippen LogP contribution in [0.2, 0.25) is 0 Å². The summed E-state index contributed by atoms with van der Waals surface area (Å²) in [5.41, 5.74) is -0.714. The van der Waals surface area contributed by atoms with E-state index in [1.165, 1.54) is 18.2 Å². The minimum Gasteiger partial charge on any atom is -0.375 e. The molecule has 1 heterocycles. The molecule has 4 rings (SSSR count). The lowest BCUT2D eigenvalue weighted by Crippen LogP contribution is -2.39. The van der Waals surface area contributed by atoms with Crippen LogP contribution >= 0.6 is 0 Å². The number of anilines is 1. The molecule has 1 aliphatic heterocycles. The van der Waals surface area contributed by atoms with Crippen molar-refractivity contribution in [3.05, 3.63) is 69.3 Å². The molecule has 120 valence electrons. The lowest BCUT2D eigenvalue weighted by atomic mass is 9.78. The summed E-state index contributed by atoms with van der Waals surface area (Å²) >= 11 is 0. The Labute approximate surface area is 136 Å². The van der Waals surface area contributed by atoms with Crippen molar-refractivity contribution in [3.63, 3.8) is 0 Å². The molecule has 0 saturated carbocycles. The van der Waals surface area contributed by atoms with Crippen LogP contribution in [-0.2, 0) is 10.4 Å². The molecule has 24 heavy (non-hydrogen) atoms. The molecule has 1 amide bonds. The van der Waals surface area contributed by atoms with E-state index in [1.807, 2.05) is 0 Å². The summed E-state index contributed by atoms with van der Waals surface area (Å²) in [6, 6.07) is 10.7. The van der Waals surface area contributed by atoms with Crippen LogP contribution in [0.1, 0.15) is 33.8 Å². The fourth-order valence-corrected chi connectivity index (χ4v) is 3.59. The minimum absolute atomic E-state index is 0.0224. The Balaban J connectivity index is 1.91. The summed E-state index contributed by atoms with van der Waals surface area (Å²) < 4.78 is 0. The number of hydrogen-bond acceptors (Lipinski definition) is 5. The molecule has 2 aliphatic rings. The summed E-state index contributed by atoms with van der Waals surface area (Å²) in [4.78, 5) is 35.2. The number of nitrogens with zero attached hydrogens (tertiary/aromatic N) is 1. The van der Waals surface area contributed by atoms with Crippen LogP contribution in [0.4, 0.5) is 11.4 Å². The van der Waals surface area contributed by atoms with Crippen LogP contribution in [0.5, 0.6) is 0 Å². The molecule has 2 N–H and O–H groups in total. The Morgan fingerprint density at radius 1 is 1.21 bits per heavy atom. The molecule has 7 nitrogen and oxygen atoms in total. The summed E-state index contributed by atoms with van der Waals surface area (Å²) in [6.07, 6.45) is -0.0224. The van der Waals surface area contributed by atoms with Gasteiger partial charge in [0.2, 0.25) is 0 Å². The van der Waals surface area contributed by atoms with Gasteiger partial charge in [-0.1, -0.05) is 24.3 Å². The van der Waals surface area contributed by atoms with Gasteiger partial charge >= 0.3 is 0 Å². The topological polar surface area (TPSA) is 110 Å². The van der Waals surface area contributed by atoms with Gasteiger partial charge in [0.15, 0.2) is 11.4 Å². The minimum atomic E-state index is -2.01. The number of ketones is 1. The third-order valence-corrected chi connectivity index (χ3v) is 4.75. The van der Waals surface area contributed by atoms with Gasteiger partial charge in [-0.15, -0.1) is 0 Å². The molecule has 0 saturated heterocycles. The van der Waals surface area contributed by atoms with E-state index >= 15 is 0 Å². The molecule has 0 unspecified atom stereocenters. The number of amides is 1. The summed E-state index contributed by atoms with van der Waals surface area (Å²) in [6.45, 7) is 0. The monoisotopic (exact) mass is 324 g/mol. The van der Waals surface area contributed by atoms with E-state index in [-0.39, 0.29) is 23.5 Å². The van der Waals surface area contributed by atoms with E-state index in [9.17, 15) is 24.8 Å². The van der Waals surface area contributed by atoms with Crippen LogP contribution in [-0.4, -0.2) is 21.7 Å². The number of fused-ring (bicyclic) bond motifs is 2. The quantitative estimate of drug-likeness (QED) is 0.649. The zero-order valence-electron chi connectivity index (χ0n) is 12.4.